The van der Waals surface area contributed by atoms with Crippen LogP contribution < -0.4 is 4.90 Å². The highest BCUT2D eigenvalue weighted by Crippen LogP contribution is 2.18. The Morgan fingerprint density at radius 1 is 1.00 bits per heavy atom. The number of carbonyl (C=O) groups is 1. The Morgan fingerprint density at radius 3 is 2.32 bits per heavy atom. The molecule has 0 radical (unpaired) electrons. The van der Waals surface area contributed by atoms with Crippen LogP contribution in [-0.4, -0.2) is 62.1 Å². The number of fused-ring (bicyclic) bond motifs is 1. The quantitative estimate of drug-likeness (QED) is 0.869. The Balaban J connectivity index is 0.00000242. The molecule has 0 atom stereocenters. The number of hydrogen-bond donors (Lipinski definition) is 0. The summed E-state index contributed by atoms with van der Waals surface area (Å²) in [5, 5.41) is 1.08. The van der Waals surface area contributed by atoms with Gasteiger partial charge in [0.1, 0.15) is 5.82 Å². The molecule has 1 aromatic carbocycles. The van der Waals surface area contributed by atoms with E-state index in [1.165, 1.54) is 0 Å². The number of urea groups is 1. The molecule has 0 aliphatic heterocycles. The second-order valence-electron chi connectivity index (χ2n) is 5.49. The maximum atomic E-state index is 12.4. The molecule has 0 unspecified atom stereocenters. The molecule has 1 aromatic heterocycles. The number of pyridine rings is 1. The normalized spacial score (nSPS) is 10.4. The zero-order valence-electron chi connectivity index (χ0n) is 13.5. The van der Waals surface area contributed by atoms with E-state index in [-0.39, 0.29) is 18.4 Å². The molecule has 2 rings (SSSR count). The number of para-hydroxylation sites is 1. The van der Waals surface area contributed by atoms with Crippen molar-refractivity contribution in [2.45, 2.75) is 0 Å². The number of anilines is 1. The number of likely N-dealkylation sites (N-methyl/N-ethyl adjacent to an activating group) is 1. The molecule has 0 aliphatic rings. The molecule has 120 valence electrons. The molecule has 6 heteroatoms. The lowest BCUT2D eigenvalue weighted by Crippen LogP contribution is -2.43. The van der Waals surface area contributed by atoms with Crippen LogP contribution in [0.2, 0.25) is 0 Å². The van der Waals surface area contributed by atoms with Gasteiger partial charge in [-0.2, -0.15) is 0 Å². The number of aromatic nitrogens is 1. The highest BCUT2D eigenvalue weighted by Gasteiger charge is 2.19. The Morgan fingerprint density at radius 2 is 1.68 bits per heavy atom. The minimum Gasteiger partial charge on any atom is -0.330 e. The Labute approximate surface area is 137 Å². The van der Waals surface area contributed by atoms with Gasteiger partial charge in [0, 0.05) is 32.6 Å². The van der Waals surface area contributed by atoms with Crippen molar-refractivity contribution in [3.63, 3.8) is 0 Å². The van der Waals surface area contributed by atoms with Gasteiger partial charge < -0.3 is 9.80 Å². The molecule has 0 saturated heterocycles. The van der Waals surface area contributed by atoms with Crippen LogP contribution in [0.15, 0.2) is 36.4 Å². The van der Waals surface area contributed by atoms with E-state index < -0.39 is 0 Å². The Hall–Kier alpha value is -1.85. The second kappa shape index (κ2) is 7.96. The molecule has 0 bridgehead atoms. The zero-order valence-corrected chi connectivity index (χ0v) is 14.3. The number of carbonyl (C=O) groups excluding carboxylic acids is 1. The average Bonchev–Trinajstić information content (AvgIpc) is 2.46. The minimum absolute atomic E-state index is 0. The summed E-state index contributed by atoms with van der Waals surface area (Å²) in [5.41, 5.74) is 0.899. The van der Waals surface area contributed by atoms with Gasteiger partial charge in [0.25, 0.3) is 0 Å². The molecule has 0 spiro atoms. The van der Waals surface area contributed by atoms with E-state index in [1.54, 1.807) is 23.9 Å². The SMILES string of the molecule is CN(C)CCN(C(=O)N(C)C)c1ccc2ccccc2n1.Cl. The third-order valence-electron chi connectivity index (χ3n) is 3.24. The van der Waals surface area contributed by atoms with Gasteiger partial charge in [-0.1, -0.05) is 18.2 Å². The predicted octanol–water partition coefficient (Wildman–Crippen LogP) is 2.71. The largest absolute Gasteiger partial charge is 0.330 e. The lowest BCUT2D eigenvalue weighted by atomic mass is 10.2. The van der Waals surface area contributed by atoms with Crippen LogP contribution in [-0.2, 0) is 0 Å². The van der Waals surface area contributed by atoms with Crippen LogP contribution in [0.4, 0.5) is 10.6 Å². The number of hydrogen-bond acceptors (Lipinski definition) is 3. The van der Waals surface area contributed by atoms with E-state index in [0.717, 1.165) is 17.4 Å². The maximum Gasteiger partial charge on any atom is 0.325 e. The molecule has 0 aliphatic carbocycles. The van der Waals surface area contributed by atoms with Gasteiger partial charge >= 0.3 is 6.03 Å². The molecular weight excluding hydrogens is 300 g/mol. The first-order valence-electron chi connectivity index (χ1n) is 6.98. The fourth-order valence-electron chi connectivity index (χ4n) is 2.06. The molecule has 22 heavy (non-hydrogen) atoms. The van der Waals surface area contributed by atoms with E-state index in [0.29, 0.717) is 12.4 Å². The summed E-state index contributed by atoms with van der Waals surface area (Å²) in [6.07, 6.45) is 0. The molecule has 5 nitrogen and oxygen atoms in total. The molecule has 0 N–H and O–H groups in total. The number of rotatable bonds is 4. The summed E-state index contributed by atoms with van der Waals surface area (Å²) in [7, 11) is 7.50. The van der Waals surface area contributed by atoms with Gasteiger partial charge in [-0.05, 0) is 32.3 Å². The summed E-state index contributed by atoms with van der Waals surface area (Å²) in [6, 6.07) is 11.8. The summed E-state index contributed by atoms with van der Waals surface area (Å²) >= 11 is 0. The predicted molar refractivity (Wildman–Crippen MR) is 94.0 cm³/mol. The summed E-state index contributed by atoms with van der Waals surface area (Å²) in [6.45, 7) is 1.39. The van der Waals surface area contributed by atoms with Crippen LogP contribution in [0.1, 0.15) is 0 Å². The third kappa shape index (κ3) is 4.32. The molecule has 0 saturated carbocycles. The fraction of sp³-hybridized carbons (Fsp3) is 0.375. The van der Waals surface area contributed by atoms with Gasteiger partial charge in [-0.25, -0.2) is 9.78 Å². The summed E-state index contributed by atoms with van der Waals surface area (Å²) in [5.74, 6) is 0.689. The van der Waals surface area contributed by atoms with E-state index in [9.17, 15) is 4.79 Å². The molecule has 0 fully saturated rings. The smallest absolute Gasteiger partial charge is 0.325 e. The van der Waals surface area contributed by atoms with Crippen LogP contribution in [0.5, 0.6) is 0 Å². The van der Waals surface area contributed by atoms with Crippen molar-refractivity contribution >= 4 is 35.2 Å². The average molecular weight is 323 g/mol. The van der Waals surface area contributed by atoms with Crippen LogP contribution >= 0.6 is 12.4 Å². The van der Waals surface area contributed by atoms with Crippen molar-refractivity contribution < 1.29 is 4.79 Å². The van der Waals surface area contributed by atoms with Gasteiger partial charge in [-0.15, -0.1) is 12.4 Å². The van der Waals surface area contributed by atoms with Crippen molar-refractivity contribution in [1.29, 1.82) is 0 Å². The van der Waals surface area contributed by atoms with E-state index in [2.05, 4.69) is 9.88 Å². The highest BCUT2D eigenvalue weighted by molar-refractivity contribution is 5.92. The highest BCUT2D eigenvalue weighted by atomic mass is 35.5. The molecule has 2 aromatic rings. The van der Waals surface area contributed by atoms with Gasteiger partial charge in [0.2, 0.25) is 0 Å². The number of nitrogens with zero attached hydrogens (tertiary/aromatic N) is 4. The standard InChI is InChI=1S/C16H22N4O.ClH/c1-18(2)11-12-20(16(21)19(3)4)15-10-9-13-7-5-6-8-14(13)17-15;/h5-10H,11-12H2,1-4H3;1H. The number of halogens is 1. The van der Waals surface area contributed by atoms with E-state index in [1.807, 2.05) is 50.5 Å². The van der Waals surface area contributed by atoms with Gasteiger partial charge in [0.05, 0.1) is 5.52 Å². The Bertz CT molecular complexity index is 630. The van der Waals surface area contributed by atoms with Crippen LogP contribution in [0.25, 0.3) is 10.9 Å². The van der Waals surface area contributed by atoms with Crippen LogP contribution in [0.3, 0.4) is 0 Å². The lowest BCUT2D eigenvalue weighted by Gasteiger charge is -2.26. The van der Waals surface area contributed by atoms with Crippen molar-refractivity contribution in [2.75, 3.05) is 46.2 Å². The molecule has 1 heterocycles. The first kappa shape index (κ1) is 18.2. The third-order valence-corrected chi connectivity index (χ3v) is 3.24. The van der Waals surface area contributed by atoms with E-state index >= 15 is 0 Å². The monoisotopic (exact) mass is 322 g/mol. The van der Waals surface area contributed by atoms with E-state index in [4.69, 9.17) is 0 Å². The van der Waals surface area contributed by atoms with Crippen molar-refractivity contribution in [3.05, 3.63) is 36.4 Å². The summed E-state index contributed by atoms with van der Waals surface area (Å²) < 4.78 is 0. The van der Waals surface area contributed by atoms with Crippen molar-refractivity contribution in [3.8, 4) is 0 Å². The summed E-state index contributed by atoms with van der Waals surface area (Å²) in [4.78, 5) is 22.3. The Kier molecular flexibility index (Phi) is 6.59. The van der Waals surface area contributed by atoms with Gasteiger partial charge in [-0.3, -0.25) is 4.90 Å². The second-order valence-corrected chi connectivity index (χ2v) is 5.49. The topological polar surface area (TPSA) is 39.7 Å². The number of benzene rings is 1. The van der Waals surface area contributed by atoms with Crippen molar-refractivity contribution in [1.82, 2.24) is 14.8 Å². The fourth-order valence-corrected chi connectivity index (χ4v) is 2.06. The number of amides is 2. The molecular formula is C16H23ClN4O. The van der Waals surface area contributed by atoms with Crippen molar-refractivity contribution in [2.24, 2.45) is 0 Å². The lowest BCUT2D eigenvalue weighted by molar-refractivity contribution is 0.222. The maximum absolute atomic E-state index is 12.4. The minimum atomic E-state index is -0.0559. The van der Waals surface area contributed by atoms with Crippen LogP contribution in [0, 0.1) is 0 Å². The zero-order chi connectivity index (χ0) is 15.4. The molecule has 2 amide bonds. The first-order valence-corrected chi connectivity index (χ1v) is 6.98. The van der Waals surface area contributed by atoms with Gasteiger partial charge in [0.15, 0.2) is 0 Å². The first-order chi connectivity index (χ1) is 9.99.